The average molecular weight is 1430 g/mol. The van der Waals surface area contributed by atoms with Gasteiger partial charge in [-0.15, -0.1) is 18.1 Å². The van der Waals surface area contributed by atoms with Gasteiger partial charge in [0.25, 0.3) is 0 Å². The summed E-state index contributed by atoms with van der Waals surface area (Å²) < 4.78 is 121. The maximum Gasteiger partial charge on any atom is 0.458 e. The third-order valence-electron chi connectivity index (χ3n) is 14.5. The second-order valence-electron chi connectivity index (χ2n) is 23.1. The summed E-state index contributed by atoms with van der Waals surface area (Å²) in [5.41, 5.74) is 0. The average Bonchev–Trinajstić information content (AvgIpc) is 0.723. The maximum atomic E-state index is 7.49. The predicted molar refractivity (Wildman–Crippen MR) is 398 cm³/mol. The molecule has 0 N–H and O–H groups in total. The molecule has 98 heavy (non-hydrogen) atoms. The third kappa shape index (κ3) is 17.7. The smallest absolute Gasteiger partial charge is 0.458 e. The van der Waals surface area contributed by atoms with Crippen molar-refractivity contribution < 1.29 is 54.7 Å². The van der Waals surface area contributed by atoms with E-state index >= 15 is 0 Å². The largest absolute Gasteiger partial charge is 0.481 e. The highest BCUT2D eigenvalue weighted by Crippen LogP contribution is 2.85. The summed E-state index contributed by atoms with van der Waals surface area (Å²) in [6.45, 7) is 19.5. The van der Waals surface area contributed by atoms with E-state index in [2.05, 4.69) is 25.3 Å². The van der Waals surface area contributed by atoms with Gasteiger partial charge in [-0.05, 0) is 176 Å². The van der Waals surface area contributed by atoms with Crippen LogP contribution in [0.5, 0.6) is 34.5 Å². The molecule has 18 nitrogen and oxygen atoms in total. The molecule has 0 aromatic heterocycles. The summed E-state index contributed by atoms with van der Waals surface area (Å²) in [4.78, 5) is 0. The van der Waals surface area contributed by atoms with Crippen LogP contribution in [0.3, 0.4) is 0 Å². The lowest BCUT2D eigenvalue weighted by atomic mass is 10.1. The zero-order valence-electron chi connectivity index (χ0n) is 55.5. The first-order valence-corrected chi connectivity index (χ1v) is 41.4. The Morgan fingerprint density at radius 1 is 0.357 bits per heavy atom. The molecule has 6 aromatic rings. The van der Waals surface area contributed by atoms with Crippen LogP contribution in [0.1, 0.15) is 80.1 Å². The molecule has 0 amide bonds. The molecular weight excluding hydrogens is 1350 g/mol. The fourth-order valence-electron chi connectivity index (χ4n) is 10.0. The molecule has 0 bridgehead atoms. The molecule has 24 heteroatoms. The van der Waals surface area contributed by atoms with Crippen molar-refractivity contribution in [3.63, 3.8) is 0 Å². The van der Waals surface area contributed by atoms with Gasteiger partial charge in [0.05, 0.1) is 11.5 Å². The number of allylic oxidation sites excluding steroid dienone is 20. The Morgan fingerprint density at radius 3 is 1.08 bits per heavy atom. The Kier molecular flexibility index (Phi) is 22.9. The second-order valence-corrected chi connectivity index (χ2v) is 37.4. The van der Waals surface area contributed by atoms with Crippen molar-refractivity contribution >= 4 is 45.5 Å². The van der Waals surface area contributed by atoms with Crippen molar-refractivity contribution in [3.05, 3.63) is 327 Å². The standard InChI is InChI=1S/C74H80N6O12P6/c1-9-37-63(38-10-2)83-93(75-96(87-67-47-27-16-28-48-67,88-68-49-29-17-30-50-68)80-97(76-93,89-69-51-31-18-32-52-69)90-70-53-33-19-34-54-70)74(7,8)82-62-57-59-72(60-58-62)92-98(91-71-55-35-20-36-56-71)78-94(84-65-43-23-14-24-44-65,73(5,6)81-61-41-21-13-22-42-61)77-95(79-98,85-64(39-11-3)40-12-4)86-66-45-25-15-26-46-66/h9-21,23-33,35-41,43-53,55-57,59H,1,3,22,34,42,54,58,60H2,2,4-8H3/b38-10-,40-12-,63-37+,64-39+. The van der Waals surface area contributed by atoms with Crippen molar-refractivity contribution in [3.8, 4) is 34.5 Å². The lowest BCUT2D eigenvalue weighted by molar-refractivity contribution is 0.0911. The molecule has 6 aromatic carbocycles. The van der Waals surface area contributed by atoms with E-state index in [4.69, 9.17) is 81.8 Å². The van der Waals surface area contributed by atoms with E-state index in [1.54, 1.807) is 36.5 Å². The van der Waals surface area contributed by atoms with Crippen LogP contribution >= 0.6 is 45.5 Å². The molecule has 3 aliphatic carbocycles. The summed E-state index contributed by atoms with van der Waals surface area (Å²) in [6, 6.07) is 55.6. The van der Waals surface area contributed by atoms with Gasteiger partial charge in [0.2, 0.25) is 0 Å². The van der Waals surface area contributed by atoms with Gasteiger partial charge in [0.15, 0.2) is 10.7 Å². The van der Waals surface area contributed by atoms with E-state index in [-0.39, 0.29) is 12.8 Å². The zero-order valence-corrected chi connectivity index (χ0v) is 60.8. The number of ether oxygens (including phenoxy) is 2. The van der Waals surface area contributed by atoms with Gasteiger partial charge in [-0.2, -0.15) is 0 Å². The van der Waals surface area contributed by atoms with E-state index < -0.39 is 56.2 Å². The minimum Gasteiger partial charge on any atom is -0.481 e. The van der Waals surface area contributed by atoms with Crippen LogP contribution in [-0.4, -0.2) is 10.7 Å². The molecular formula is C74H80N6O12P6. The molecule has 2 aliphatic heterocycles. The monoisotopic (exact) mass is 1430 g/mol. The topological polar surface area (TPSA) is 185 Å². The number of nitrogens with zero attached hydrogens (tertiary/aromatic N) is 6. The first-order chi connectivity index (χ1) is 47.5. The SMILES string of the molecule is C=C/C=C(\C=C/C)OP1(Oc2ccccc2)=NP(Oc2ccccc2)(C(C)(C)OC2=CC=CCC2)=NP(OC2=CC=C(OC(C)(C)P3(OC(/C=C\C)=C/C=C)=NP(OC4=CC=CCC4)(Oc4ccccc4)=NP(Oc4ccccc4)(Oc4ccccc4)=N3)CC2)(Oc2ccccc2)=N1. The van der Waals surface area contributed by atoms with Gasteiger partial charge in [0, 0.05) is 25.7 Å². The Morgan fingerprint density at radius 2 is 0.684 bits per heavy atom. The Bertz CT molecular complexity index is 4500. The summed E-state index contributed by atoms with van der Waals surface area (Å²) in [7, 11) is -24.9. The number of para-hydroxylation sites is 6. The third-order valence-corrected chi connectivity index (χ3v) is 33.2. The first-order valence-electron chi connectivity index (χ1n) is 32.0. The molecule has 5 atom stereocenters. The second kappa shape index (κ2) is 31.8. The lowest BCUT2D eigenvalue weighted by Gasteiger charge is -2.41. The van der Waals surface area contributed by atoms with Gasteiger partial charge in [-0.3, -0.25) is 0 Å². The van der Waals surface area contributed by atoms with Crippen molar-refractivity contribution in [2.45, 2.75) is 90.8 Å². The minimum atomic E-state index is -4.28. The molecule has 0 saturated carbocycles. The highest BCUT2D eigenvalue weighted by Gasteiger charge is 2.57. The highest BCUT2D eigenvalue weighted by molar-refractivity contribution is 7.81. The summed E-state index contributed by atoms with van der Waals surface area (Å²) >= 11 is 0. The summed E-state index contributed by atoms with van der Waals surface area (Å²) in [5.74, 6) is 5.41. The summed E-state index contributed by atoms with van der Waals surface area (Å²) in [5, 5.41) is -2.91. The van der Waals surface area contributed by atoms with Crippen molar-refractivity contribution in [1.29, 1.82) is 0 Å². The van der Waals surface area contributed by atoms with Gasteiger partial charge in [-0.1, -0.05) is 180 Å². The van der Waals surface area contributed by atoms with Crippen LogP contribution in [0.4, 0.5) is 0 Å². The van der Waals surface area contributed by atoms with Gasteiger partial charge in [0.1, 0.15) is 57.5 Å². The van der Waals surface area contributed by atoms with Crippen LogP contribution in [0, 0.1) is 0 Å². The van der Waals surface area contributed by atoms with Gasteiger partial charge < -0.3 is 54.7 Å². The summed E-state index contributed by atoms with van der Waals surface area (Å²) in [6.07, 6.45) is 32.6. The van der Waals surface area contributed by atoms with E-state index in [1.807, 2.05) is 272 Å². The molecule has 508 valence electrons. The Hall–Kier alpha value is -8.82. The normalized spacial score (nSPS) is 23.6. The van der Waals surface area contributed by atoms with E-state index in [0.29, 0.717) is 88.3 Å². The van der Waals surface area contributed by atoms with Crippen LogP contribution in [-0.2, 0) is 27.6 Å². The number of rotatable bonds is 30. The molecule has 5 unspecified atom stereocenters. The molecule has 11 rings (SSSR count). The van der Waals surface area contributed by atoms with Crippen molar-refractivity contribution in [2.75, 3.05) is 0 Å². The lowest BCUT2D eigenvalue weighted by Crippen LogP contribution is -2.27. The fourth-order valence-corrected chi connectivity index (χ4v) is 31.6. The molecule has 0 fully saturated rings. The maximum absolute atomic E-state index is 7.49. The molecule has 0 saturated heterocycles. The van der Waals surface area contributed by atoms with E-state index in [0.717, 1.165) is 6.42 Å². The quantitative estimate of drug-likeness (QED) is 0.0236. The predicted octanol–water partition coefficient (Wildman–Crippen LogP) is 26.2. The van der Waals surface area contributed by atoms with E-state index in [1.165, 1.54) is 0 Å². The van der Waals surface area contributed by atoms with Crippen molar-refractivity contribution in [1.82, 2.24) is 0 Å². The van der Waals surface area contributed by atoms with E-state index in [9.17, 15) is 0 Å². The Labute approximate surface area is 576 Å². The fraction of sp³-hybridized carbons (Fsp3) is 0.189. The van der Waals surface area contributed by atoms with Crippen LogP contribution in [0.15, 0.2) is 354 Å². The minimum absolute atomic E-state index is 0.222. The number of hydrogen-bond acceptors (Lipinski definition) is 18. The number of hydrogen-bond donors (Lipinski definition) is 0. The van der Waals surface area contributed by atoms with Crippen molar-refractivity contribution in [2.24, 2.45) is 27.1 Å². The molecule has 5 aliphatic rings. The van der Waals surface area contributed by atoms with Crippen LogP contribution in [0.2, 0.25) is 0 Å². The first kappa shape index (κ1) is 70.5. The molecule has 2 heterocycles. The zero-order chi connectivity index (χ0) is 68.4. The number of benzene rings is 6. The van der Waals surface area contributed by atoms with Gasteiger partial charge >= 0.3 is 45.5 Å². The van der Waals surface area contributed by atoms with Gasteiger partial charge in [-0.25, -0.2) is 0 Å². The van der Waals surface area contributed by atoms with Crippen LogP contribution in [0.25, 0.3) is 0 Å². The Balaban J connectivity index is 1.13. The molecule has 0 spiro atoms. The molecule has 0 radical (unpaired) electrons. The van der Waals surface area contributed by atoms with Crippen LogP contribution < -0.4 is 27.1 Å². The highest BCUT2D eigenvalue weighted by atomic mass is 31.3.